The molecular formula is C8H12N6S. The van der Waals surface area contributed by atoms with Gasteiger partial charge in [0.05, 0.1) is 17.1 Å². The summed E-state index contributed by atoms with van der Waals surface area (Å²) in [6.45, 7) is 0. The first-order valence-electron chi connectivity index (χ1n) is 4.58. The average Bonchev–Trinajstić information content (AvgIpc) is 2.86. The van der Waals surface area contributed by atoms with Crippen molar-refractivity contribution in [3.8, 4) is 0 Å². The van der Waals surface area contributed by atoms with E-state index < -0.39 is 0 Å². The Balaban J connectivity index is 2.13. The van der Waals surface area contributed by atoms with Gasteiger partial charge in [0.2, 0.25) is 0 Å². The van der Waals surface area contributed by atoms with Gasteiger partial charge in [-0.05, 0) is 18.6 Å². The van der Waals surface area contributed by atoms with E-state index in [2.05, 4.69) is 25.0 Å². The predicted octanol–water partition coefficient (Wildman–Crippen LogP) is 0.170. The van der Waals surface area contributed by atoms with Gasteiger partial charge < -0.3 is 5.32 Å². The summed E-state index contributed by atoms with van der Waals surface area (Å²) in [6.07, 6.45) is 4.13. The fourth-order valence-electron chi connectivity index (χ4n) is 1.36. The minimum Gasteiger partial charge on any atom is -0.312 e. The summed E-state index contributed by atoms with van der Waals surface area (Å²) in [7, 11) is 3.81. The highest BCUT2D eigenvalue weighted by Gasteiger charge is 2.15. The zero-order chi connectivity index (χ0) is 10.7. The minimum absolute atomic E-state index is 0.202. The molecule has 2 rings (SSSR count). The molecule has 0 aliphatic carbocycles. The number of likely N-dealkylation sites (N-methyl/N-ethyl adjacent to an activating group) is 1. The fourth-order valence-corrected chi connectivity index (χ4v) is 1.97. The molecule has 6 nitrogen and oxygen atoms in total. The topological polar surface area (TPSA) is 68.5 Å². The second-order valence-electron chi connectivity index (χ2n) is 3.17. The molecule has 1 atom stereocenters. The summed E-state index contributed by atoms with van der Waals surface area (Å²) in [6, 6.07) is 0.202. The van der Waals surface area contributed by atoms with Crippen molar-refractivity contribution in [2.75, 3.05) is 7.05 Å². The molecule has 0 amide bonds. The van der Waals surface area contributed by atoms with Crippen LogP contribution in [0.15, 0.2) is 12.5 Å². The summed E-state index contributed by atoms with van der Waals surface area (Å²) >= 11 is 1.40. The lowest BCUT2D eigenvalue weighted by Gasteiger charge is -2.12. The van der Waals surface area contributed by atoms with Gasteiger partial charge >= 0.3 is 0 Å². The van der Waals surface area contributed by atoms with Crippen molar-refractivity contribution in [2.24, 2.45) is 7.05 Å². The van der Waals surface area contributed by atoms with E-state index in [1.54, 1.807) is 17.2 Å². The highest BCUT2D eigenvalue weighted by atomic mass is 32.1. The van der Waals surface area contributed by atoms with Crippen LogP contribution in [0.3, 0.4) is 0 Å². The quantitative estimate of drug-likeness (QED) is 0.801. The Hall–Kier alpha value is -1.34. The molecule has 15 heavy (non-hydrogen) atoms. The van der Waals surface area contributed by atoms with Crippen LogP contribution in [-0.4, -0.2) is 31.4 Å². The molecule has 0 fully saturated rings. The maximum Gasteiger partial charge on any atom is 0.138 e. The third-order valence-electron chi connectivity index (χ3n) is 2.26. The van der Waals surface area contributed by atoms with Gasteiger partial charge in [-0.3, -0.25) is 4.68 Å². The molecule has 0 saturated heterocycles. The van der Waals surface area contributed by atoms with Crippen LogP contribution >= 0.6 is 11.5 Å². The Morgan fingerprint density at radius 2 is 2.47 bits per heavy atom. The first-order valence-corrected chi connectivity index (χ1v) is 5.36. The standard InChI is InChI=1S/C8H12N6S/c1-9-6(7-4-11-13-15-7)3-8-10-5-12-14(8)2/h4-6,9H,3H2,1-2H3. The van der Waals surface area contributed by atoms with Gasteiger partial charge in [-0.2, -0.15) is 5.10 Å². The Morgan fingerprint density at radius 1 is 1.60 bits per heavy atom. The molecular weight excluding hydrogens is 212 g/mol. The lowest BCUT2D eigenvalue weighted by atomic mass is 10.2. The largest absolute Gasteiger partial charge is 0.312 e. The smallest absolute Gasteiger partial charge is 0.138 e. The number of nitrogens with one attached hydrogen (secondary N) is 1. The molecule has 2 aromatic heterocycles. The Labute approximate surface area is 91.5 Å². The highest BCUT2D eigenvalue weighted by Crippen LogP contribution is 2.18. The molecule has 0 spiro atoms. The van der Waals surface area contributed by atoms with Crippen molar-refractivity contribution >= 4 is 11.5 Å². The second kappa shape index (κ2) is 4.45. The third-order valence-corrected chi connectivity index (χ3v) is 3.04. The summed E-state index contributed by atoms with van der Waals surface area (Å²) in [5, 5.41) is 11.1. The van der Waals surface area contributed by atoms with Gasteiger partial charge in [0.15, 0.2) is 0 Å². The van der Waals surface area contributed by atoms with Gasteiger partial charge in [-0.25, -0.2) is 4.98 Å². The molecule has 0 aromatic carbocycles. The van der Waals surface area contributed by atoms with Crippen LogP contribution in [-0.2, 0) is 13.5 Å². The van der Waals surface area contributed by atoms with Crippen molar-refractivity contribution in [3.05, 3.63) is 23.2 Å². The molecule has 1 unspecified atom stereocenters. The Kier molecular flexibility index (Phi) is 3.02. The average molecular weight is 224 g/mol. The summed E-state index contributed by atoms with van der Waals surface area (Å²) < 4.78 is 5.63. The molecule has 0 bridgehead atoms. The molecule has 7 heteroatoms. The zero-order valence-corrected chi connectivity index (χ0v) is 9.40. The number of nitrogens with zero attached hydrogens (tertiary/aromatic N) is 5. The molecule has 0 saturated carbocycles. The van der Waals surface area contributed by atoms with E-state index >= 15 is 0 Å². The Bertz CT molecular complexity index is 408. The first-order chi connectivity index (χ1) is 7.31. The van der Waals surface area contributed by atoms with E-state index in [9.17, 15) is 0 Å². The van der Waals surface area contributed by atoms with Crippen LogP contribution < -0.4 is 5.32 Å². The van der Waals surface area contributed by atoms with Gasteiger partial charge in [0.25, 0.3) is 0 Å². The predicted molar refractivity (Wildman–Crippen MR) is 56.4 cm³/mol. The molecule has 0 aliphatic rings. The maximum absolute atomic E-state index is 4.19. The van der Waals surface area contributed by atoms with Crippen LogP contribution in [0, 0.1) is 0 Å². The monoisotopic (exact) mass is 224 g/mol. The lowest BCUT2D eigenvalue weighted by molar-refractivity contribution is 0.560. The summed E-state index contributed by atoms with van der Waals surface area (Å²) in [5.74, 6) is 0.947. The molecule has 0 radical (unpaired) electrons. The number of hydrogen-bond donors (Lipinski definition) is 1. The van der Waals surface area contributed by atoms with Crippen LogP contribution in [0.25, 0.3) is 0 Å². The fraction of sp³-hybridized carbons (Fsp3) is 0.500. The number of rotatable bonds is 4. The van der Waals surface area contributed by atoms with E-state index in [1.165, 1.54) is 11.5 Å². The first kappa shape index (κ1) is 10.2. The van der Waals surface area contributed by atoms with E-state index in [-0.39, 0.29) is 6.04 Å². The van der Waals surface area contributed by atoms with Crippen molar-refractivity contribution in [1.29, 1.82) is 0 Å². The normalized spacial score (nSPS) is 12.9. The zero-order valence-electron chi connectivity index (χ0n) is 8.58. The molecule has 2 heterocycles. The van der Waals surface area contributed by atoms with Gasteiger partial charge in [0, 0.05) is 13.5 Å². The lowest BCUT2D eigenvalue weighted by Crippen LogP contribution is -2.19. The molecule has 1 N–H and O–H groups in total. The summed E-state index contributed by atoms with van der Waals surface area (Å²) in [4.78, 5) is 5.30. The molecule has 2 aromatic rings. The van der Waals surface area contributed by atoms with Gasteiger partial charge in [-0.15, -0.1) is 5.10 Å². The number of aromatic nitrogens is 5. The second-order valence-corrected chi connectivity index (χ2v) is 3.98. The highest BCUT2D eigenvalue weighted by molar-refractivity contribution is 7.05. The van der Waals surface area contributed by atoms with Crippen LogP contribution in [0.4, 0.5) is 0 Å². The maximum atomic E-state index is 4.19. The molecule has 0 aliphatic heterocycles. The Morgan fingerprint density at radius 3 is 3.00 bits per heavy atom. The van der Waals surface area contributed by atoms with E-state index in [4.69, 9.17) is 0 Å². The van der Waals surface area contributed by atoms with Crippen molar-refractivity contribution in [3.63, 3.8) is 0 Å². The van der Waals surface area contributed by atoms with E-state index in [0.29, 0.717) is 0 Å². The van der Waals surface area contributed by atoms with E-state index in [1.807, 2.05) is 14.1 Å². The SMILES string of the molecule is CNC(Cc1ncnn1C)c1cnns1. The minimum atomic E-state index is 0.202. The van der Waals surface area contributed by atoms with Gasteiger partial charge in [0.1, 0.15) is 12.2 Å². The van der Waals surface area contributed by atoms with Crippen molar-refractivity contribution < 1.29 is 0 Å². The van der Waals surface area contributed by atoms with Gasteiger partial charge in [-0.1, -0.05) is 4.49 Å². The van der Waals surface area contributed by atoms with Crippen LogP contribution in [0.1, 0.15) is 16.7 Å². The number of aryl methyl sites for hydroxylation is 1. The van der Waals surface area contributed by atoms with E-state index in [0.717, 1.165) is 17.1 Å². The van der Waals surface area contributed by atoms with Crippen LogP contribution in [0.2, 0.25) is 0 Å². The van der Waals surface area contributed by atoms with Crippen molar-refractivity contribution in [2.45, 2.75) is 12.5 Å². The van der Waals surface area contributed by atoms with Crippen LogP contribution in [0.5, 0.6) is 0 Å². The van der Waals surface area contributed by atoms with Crippen molar-refractivity contribution in [1.82, 2.24) is 29.7 Å². The summed E-state index contributed by atoms with van der Waals surface area (Å²) in [5.41, 5.74) is 0. The number of hydrogen-bond acceptors (Lipinski definition) is 6. The third kappa shape index (κ3) is 2.18. The molecule has 80 valence electrons.